The Labute approximate surface area is 187 Å². The number of hydrogen-bond acceptors (Lipinski definition) is 6. The smallest absolute Gasteiger partial charge is 0.286 e. The molecule has 2 N–H and O–H groups in total. The molecule has 31 heavy (non-hydrogen) atoms. The number of nitrogens with two attached hydrogens (primary N) is 1. The number of carbonyl (C=O) groups is 1. The van der Waals surface area contributed by atoms with Gasteiger partial charge in [0.1, 0.15) is 30.5 Å². The van der Waals surface area contributed by atoms with Crippen molar-refractivity contribution in [2.75, 3.05) is 19.8 Å². The van der Waals surface area contributed by atoms with E-state index in [1.54, 1.807) is 6.08 Å². The molecule has 0 aromatic heterocycles. The summed E-state index contributed by atoms with van der Waals surface area (Å²) in [6, 6.07) is 15.1. The van der Waals surface area contributed by atoms with Crippen molar-refractivity contribution in [3.63, 3.8) is 0 Å². The number of rotatable bonds is 12. The predicted octanol–water partition coefficient (Wildman–Crippen LogP) is 5.03. The van der Waals surface area contributed by atoms with Gasteiger partial charge in [-0.1, -0.05) is 44.4 Å². The van der Waals surface area contributed by atoms with Crippen molar-refractivity contribution in [3.8, 4) is 17.2 Å². The Balaban J connectivity index is 1.43. The van der Waals surface area contributed by atoms with Crippen molar-refractivity contribution in [3.05, 3.63) is 59.0 Å². The molecule has 3 rings (SSSR count). The van der Waals surface area contributed by atoms with E-state index in [-0.39, 0.29) is 11.1 Å². The molecule has 0 unspecified atom stereocenters. The summed E-state index contributed by atoms with van der Waals surface area (Å²) in [7, 11) is 0. The minimum absolute atomic E-state index is 0.260. The molecule has 1 aliphatic rings. The van der Waals surface area contributed by atoms with E-state index in [4.69, 9.17) is 19.9 Å². The first-order valence-electron chi connectivity index (χ1n) is 10.5. The van der Waals surface area contributed by atoms with E-state index >= 15 is 0 Å². The van der Waals surface area contributed by atoms with Gasteiger partial charge in [0.2, 0.25) is 0 Å². The lowest BCUT2D eigenvalue weighted by atomic mass is 10.2. The molecule has 0 saturated carbocycles. The molecule has 2 aromatic rings. The van der Waals surface area contributed by atoms with Crippen LogP contribution in [-0.2, 0) is 4.79 Å². The van der Waals surface area contributed by atoms with Crippen molar-refractivity contribution in [1.82, 2.24) is 0 Å². The van der Waals surface area contributed by atoms with E-state index in [0.29, 0.717) is 23.9 Å². The minimum atomic E-state index is -0.325. The van der Waals surface area contributed by atoms with Crippen LogP contribution in [0.3, 0.4) is 0 Å². The Bertz CT molecular complexity index is 925. The first kappa shape index (κ1) is 22.7. The maximum Gasteiger partial charge on any atom is 0.286 e. The van der Waals surface area contributed by atoms with Crippen molar-refractivity contribution < 1.29 is 19.0 Å². The summed E-state index contributed by atoms with van der Waals surface area (Å²) in [4.78, 5) is 16.0. The second kappa shape index (κ2) is 12.1. The van der Waals surface area contributed by atoms with Gasteiger partial charge in [0.25, 0.3) is 5.91 Å². The second-order valence-corrected chi connectivity index (χ2v) is 8.04. The average molecular weight is 441 g/mol. The highest BCUT2D eigenvalue weighted by Gasteiger charge is 2.20. The van der Waals surface area contributed by atoms with Gasteiger partial charge in [0.15, 0.2) is 5.17 Å². The topological polar surface area (TPSA) is 83.1 Å². The molecule has 1 heterocycles. The normalized spacial score (nSPS) is 14.5. The summed E-state index contributed by atoms with van der Waals surface area (Å²) in [6.45, 7) is 3.71. The lowest BCUT2D eigenvalue weighted by molar-refractivity contribution is -0.113. The lowest BCUT2D eigenvalue weighted by Crippen LogP contribution is -2.09. The van der Waals surface area contributed by atoms with E-state index < -0.39 is 0 Å². The maximum atomic E-state index is 11.8. The Morgan fingerprint density at radius 2 is 1.58 bits per heavy atom. The van der Waals surface area contributed by atoms with Crippen LogP contribution in [0.4, 0.5) is 0 Å². The van der Waals surface area contributed by atoms with E-state index in [1.165, 1.54) is 19.3 Å². The molecular weight excluding hydrogens is 412 g/mol. The molecule has 0 bridgehead atoms. The summed E-state index contributed by atoms with van der Waals surface area (Å²) in [6.07, 6.45) is 6.50. The summed E-state index contributed by atoms with van der Waals surface area (Å²) >= 11 is 1.16. The number of para-hydroxylation sites is 1. The van der Waals surface area contributed by atoms with Gasteiger partial charge in [-0.2, -0.15) is 4.99 Å². The molecule has 0 fully saturated rings. The molecule has 7 heteroatoms. The largest absolute Gasteiger partial charge is 0.494 e. The number of carbonyl (C=O) groups excluding carboxylic acids is 1. The number of amides is 1. The SMILES string of the molecule is CCCCCCOc1ccc(OCCOc2ccccc2/C=C2\SC(N)=NC2=O)cc1. The molecule has 2 aromatic carbocycles. The maximum absolute atomic E-state index is 11.8. The third-order valence-corrected chi connectivity index (χ3v) is 5.36. The van der Waals surface area contributed by atoms with E-state index in [2.05, 4.69) is 11.9 Å². The fourth-order valence-electron chi connectivity index (χ4n) is 2.96. The van der Waals surface area contributed by atoms with Crippen LogP contribution in [0.2, 0.25) is 0 Å². The lowest BCUT2D eigenvalue weighted by Gasteiger charge is -2.11. The van der Waals surface area contributed by atoms with Crippen LogP contribution in [0.25, 0.3) is 6.08 Å². The molecule has 0 spiro atoms. The molecule has 1 amide bonds. The van der Waals surface area contributed by atoms with Gasteiger partial charge in [-0.05, 0) is 54.6 Å². The highest BCUT2D eigenvalue weighted by molar-refractivity contribution is 8.18. The number of amidine groups is 1. The first-order valence-corrected chi connectivity index (χ1v) is 11.3. The molecule has 0 saturated heterocycles. The molecule has 6 nitrogen and oxygen atoms in total. The van der Waals surface area contributed by atoms with Crippen molar-refractivity contribution in [2.24, 2.45) is 10.7 Å². The van der Waals surface area contributed by atoms with E-state index in [0.717, 1.165) is 41.9 Å². The summed E-state index contributed by atoms with van der Waals surface area (Å²) in [5, 5.41) is 0.260. The molecule has 0 radical (unpaired) electrons. The summed E-state index contributed by atoms with van der Waals surface area (Å²) < 4.78 is 17.4. The minimum Gasteiger partial charge on any atom is -0.494 e. The summed E-state index contributed by atoms with van der Waals surface area (Å²) in [5.41, 5.74) is 6.40. The zero-order valence-electron chi connectivity index (χ0n) is 17.7. The van der Waals surface area contributed by atoms with Gasteiger partial charge in [-0.3, -0.25) is 4.79 Å². The van der Waals surface area contributed by atoms with E-state index in [1.807, 2.05) is 48.5 Å². The average Bonchev–Trinajstić information content (AvgIpc) is 3.09. The first-order chi connectivity index (χ1) is 15.2. The second-order valence-electron chi connectivity index (χ2n) is 6.98. The predicted molar refractivity (Wildman–Crippen MR) is 126 cm³/mol. The van der Waals surface area contributed by atoms with Crippen LogP contribution in [0.15, 0.2) is 58.4 Å². The van der Waals surface area contributed by atoms with Crippen LogP contribution in [0.5, 0.6) is 17.2 Å². The Morgan fingerprint density at radius 3 is 2.26 bits per heavy atom. The summed E-state index contributed by atoms with van der Waals surface area (Å²) in [5.74, 6) is 1.96. The Kier molecular flexibility index (Phi) is 8.84. The van der Waals surface area contributed by atoms with E-state index in [9.17, 15) is 4.79 Å². The standard InChI is InChI=1S/C24H28N2O4S/c1-2-3-4-7-14-28-19-10-12-20(13-11-19)29-15-16-30-21-9-6-5-8-18(21)17-22-23(27)26-24(25)31-22/h5-6,8-13,17H,2-4,7,14-16H2,1H3,(H2,25,26,27)/b22-17-. The fourth-order valence-corrected chi connectivity index (χ4v) is 3.63. The Morgan fingerprint density at radius 1 is 0.903 bits per heavy atom. The zero-order chi connectivity index (χ0) is 21.9. The number of ether oxygens (including phenoxy) is 3. The van der Waals surface area contributed by atoms with Gasteiger partial charge in [-0.15, -0.1) is 0 Å². The number of benzene rings is 2. The Hall–Kier alpha value is -2.93. The van der Waals surface area contributed by atoms with Gasteiger partial charge in [0, 0.05) is 5.56 Å². The number of nitrogens with zero attached hydrogens (tertiary/aromatic N) is 1. The van der Waals surface area contributed by atoms with Gasteiger partial charge in [0.05, 0.1) is 11.5 Å². The number of aliphatic imine (C=N–C) groups is 1. The highest BCUT2D eigenvalue weighted by atomic mass is 32.2. The quantitative estimate of drug-likeness (QED) is 0.368. The van der Waals surface area contributed by atoms with Crippen molar-refractivity contribution in [1.29, 1.82) is 0 Å². The molecule has 164 valence electrons. The van der Waals surface area contributed by atoms with Crippen molar-refractivity contribution >= 4 is 28.9 Å². The van der Waals surface area contributed by atoms with Crippen LogP contribution in [0.1, 0.15) is 38.2 Å². The molecular formula is C24H28N2O4S. The third-order valence-electron chi connectivity index (χ3n) is 4.54. The van der Waals surface area contributed by atoms with Crippen LogP contribution >= 0.6 is 11.8 Å². The zero-order valence-corrected chi connectivity index (χ0v) is 18.5. The van der Waals surface area contributed by atoms with Gasteiger partial charge < -0.3 is 19.9 Å². The van der Waals surface area contributed by atoms with Gasteiger partial charge >= 0.3 is 0 Å². The van der Waals surface area contributed by atoms with Crippen molar-refractivity contribution in [2.45, 2.75) is 32.6 Å². The van der Waals surface area contributed by atoms with Crippen LogP contribution < -0.4 is 19.9 Å². The van der Waals surface area contributed by atoms with Gasteiger partial charge in [-0.25, -0.2) is 0 Å². The number of unbranched alkanes of at least 4 members (excludes halogenated alkanes) is 3. The molecule has 1 aliphatic heterocycles. The highest BCUT2D eigenvalue weighted by Crippen LogP contribution is 2.29. The van der Waals surface area contributed by atoms with Crippen LogP contribution in [0, 0.1) is 0 Å². The number of thioether (sulfide) groups is 1. The third kappa shape index (κ3) is 7.36. The number of hydrogen-bond donors (Lipinski definition) is 1. The molecule has 0 aliphatic carbocycles. The van der Waals surface area contributed by atoms with Crippen LogP contribution in [-0.4, -0.2) is 30.9 Å². The fraction of sp³-hybridized carbons (Fsp3) is 0.333. The molecule has 0 atom stereocenters. The monoisotopic (exact) mass is 440 g/mol.